The number of hydrogen-bond donors (Lipinski definition) is 5. The van der Waals surface area contributed by atoms with Gasteiger partial charge in [0, 0.05) is 16.7 Å². The summed E-state index contributed by atoms with van der Waals surface area (Å²) in [4.78, 5) is 24.7. The largest absolute Gasteiger partial charge is 0.338 e. The van der Waals surface area contributed by atoms with Gasteiger partial charge in [-0.15, -0.1) is 11.3 Å². The van der Waals surface area contributed by atoms with Crippen molar-refractivity contribution in [3.63, 3.8) is 0 Å². The second kappa shape index (κ2) is 9.75. The molecular weight excluding hydrogens is 440 g/mol. The second-order valence-corrected chi connectivity index (χ2v) is 9.82. The highest BCUT2D eigenvalue weighted by atomic mass is 32.2. The number of sulfonamides is 1. The first-order valence-electron chi connectivity index (χ1n) is 8.70. The van der Waals surface area contributed by atoms with Crippen LogP contribution in [0.3, 0.4) is 0 Å². The Morgan fingerprint density at radius 1 is 1.10 bits per heavy atom. The van der Waals surface area contributed by atoms with Crippen LogP contribution >= 0.6 is 11.3 Å². The van der Waals surface area contributed by atoms with E-state index in [1.807, 2.05) is 0 Å². The van der Waals surface area contributed by atoms with Crippen LogP contribution in [0.1, 0.15) is 34.6 Å². The van der Waals surface area contributed by atoms with Crippen LogP contribution in [0, 0.1) is 23.7 Å². The first kappa shape index (κ1) is 24.1. The monoisotopic (exact) mass is 460 g/mol. The van der Waals surface area contributed by atoms with Gasteiger partial charge >= 0.3 is 0 Å². The molecule has 1 aromatic carbocycles. The summed E-state index contributed by atoms with van der Waals surface area (Å²) >= 11 is 0.949. The molecule has 11 heteroatoms. The van der Waals surface area contributed by atoms with Crippen molar-refractivity contribution in [1.82, 2.24) is 10.8 Å². The first-order valence-corrected chi connectivity index (χ1v) is 11.1. The van der Waals surface area contributed by atoms with Crippen LogP contribution in [-0.4, -0.2) is 37.0 Å². The van der Waals surface area contributed by atoms with Crippen LogP contribution in [0.15, 0.2) is 40.6 Å². The van der Waals surface area contributed by atoms with Crippen LogP contribution in [0.5, 0.6) is 0 Å². The van der Waals surface area contributed by atoms with Crippen molar-refractivity contribution in [3.8, 4) is 23.7 Å². The molecule has 0 spiro atoms. The van der Waals surface area contributed by atoms with E-state index in [1.54, 1.807) is 32.0 Å². The molecule has 1 atom stereocenters. The average Bonchev–Trinajstić information content (AvgIpc) is 3.18. The van der Waals surface area contributed by atoms with Gasteiger partial charge in [0.1, 0.15) is 10.3 Å². The molecule has 0 fully saturated rings. The molecule has 2 amide bonds. The van der Waals surface area contributed by atoms with Gasteiger partial charge in [-0.3, -0.25) is 14.8 Å². The highest BCUT2D eigenvalue weighted by Crippen LogP contribution is 2.19. The van der Waals surface area contributed by atoms with Gasteiger partial charge in [-0.25, -0.2) is 19.0 Å². The van der Waals surface area contributed by atoms with Crippen molar-refractivity contribution < 1.29 is 23.2 Å². The van der Waals surface area contributed by atoms with Crippen LogP contribution in [0.4, 0.5) is 0 Å². The third kappa shape index (κ3) is 6.93. The van der Waals surface area contributed by atoms with Crippen molar-refractivity contribution in [2.24, 2.45) is 10.9 Å². The molecule has 0 aliphatic heterocycles. The maximum atomic E-state index is 12.4. The zero-order valence-electron chi connectivity index (χ0n) is 16.6. The van der Waals surface area contributed by atoms with Gasteiger partial charge in [0.15, 0.2) is 0 Å². The number of primary sulfonamides is 1. The molecular formula is C20H20N4O5S2. The van der Waals surface area contributed by atoms with Gasteiger partial charge in [-0.05, 0) is 68.0 Å². The first-order chi connectivity index (χ1) is 14.4. The Hall–Kier alpha value is -3.19. The molecule has 0 saturated carbocycles. The van der Waals surface area contributed by atoms with Crippen molar-refractivity contribution in [2.45, 2.75) is 29.6 Å². The second-order valence-electron chi connectivity index (χ2n) is 6.94. The van der Waals surface area contributed by atoms with E-state index in [4.69, 9.17) is 16.1 Å². The van der Waals surface area contributed by atoms with Crippen molar-refractivity contribution >= 4 is 33.2 Å². The lowest BCUT2D eigenvalue weighted by Crippen LogP contribution is -2.61. The molecule has 0 radical (unpaired) electrons. The van der Waals surface area contributed by atoms with Crippen molar-refractivity contribution in [3.05, 3.63) is 52.4 Å². The van der Waals surface area contributed by atoms with Gasteiger partial charge in [0.05, 0.1) is 4.88 Å². The SMILES string of the molecule is CC(C)(N)[C@H](NC(=O)c1ccc(C#CC#Cc2ccc(S(N)(=O)=O)s2)cc1)C(=O)NO. The number of hydrogen-bond acceptors (Lipinski definition) is 7. The summed E-state index contributed by atoms with van der Waals surface area (Å²) in [6.45, 7) is 3.08. The Kier molecular flexibility index (Phi) is 7.57. The molecule has 0 aliphatic carbocycles. The number of carbonyl (C=O) groups excluding carboxylic acids is 2. The Morgan fingerprint density at radius 2 is 1.71 bits per heavy atom. The van der Waals surface area contributed by atoms with E-state index in [0.717, 1.165) is 11.3 Å². The molecule has 0 unspecified atom stereocenters. The molecule has 7 N–H and O–H groups in total. The zero-order chi connectivity index (χ0) is 23.2. The minimum absolute atomic E-state index is 0.0235. The molecule has 2 rings (SSSR count). The third-order valence-electron chi connectivity index (χ3n) is 3.86. The van der Waals surface area contributed by atoms with E-state index in [1.165, 1.54) is 23.7 Å². The summed E-state index contributed by atoms with van der Waals surface area (Å²) < 4.78 is 22.5. The average molecular weight is 461 g/mol. The van der Waals surface area contributed by atoms with Crippen molar-refractivity contribution in [2.75, 3.05) is 0 Å². The number of rotatable bonds is 5. The molecule has 2 aromatic rings. The van der Waals surface area contributed by atoms with Crippen molar-refractivity contribution in [1.29, 1.82) is 0 Å². The van der Waals surface area contributed by atoms with Crippen LogP contribution in [-0.2, 0) is 14.8 Å². The van der Waals surface area contributed by atoms with E-state index in [2.05, 4.69) is 29.0 Å². The van der Waals surface area contributed by atoms with Gasteiger partial charge < -0.3 is 11.1 Å². The number of amides is 2. The molecule has 9 nitrogen and oxygen atoms in total. The predicted molar refractivity (Wildman–Crippen MR) is 115 cm³/mol. The lowest BCUT2D eigenvalue weighted by atomic mass is 9.95. The number of nitrogens with one attached hydrogen (secondary N) is 2. The fraction of sp³-hybridized carbons (Fsp3) is 0.200. The summed E-state index contributed by atoms with van der Waals surface area (Å²) in [6.07, 6.45) is 0. The van der Waals surface area contributed by atoms with E-state index >= 15 is 0 Å². The maximum Gasteiger partial charge on any atom is 0.267 e. The summed E-state index contributed by atoms with van der Waals surface area (Å²) in [5.74, 6) is 9.41. The van der Waals surface area contributed by atoms with Gasteiger partial charge in [0.2, 0.25) is 10.0 Å². The van der Waals surface area contributed by atoms with E-state index in [9.17, 15) is 18.0 Å². The molecule has 1 heterocycles. The standard InChI is InChI=1S/C20H20N4O5S2/c1-20(2,21)17(19(26)24-27)23-18(25)14-9-7-13(8-10-14)5-3-4-6-15-11-12-16(30-15)31(22,28)29/h7-12,17,27H,21H2,1-2H3,(H,23,25)(H,24,26)(H2,22,28,29)/t17-/m1/s1. The summed E-state index contributed by atoms with van der Waals surface area (Å²) in [7, 11) is -3.75. The van der Waals surface area contributed by atoms with Gasteiger partial charge in [0.25, 0.3) is 11.8 Å². The third-order valence-corrected chi connectivity index (χ3v) is 6.29. The Labute approximate surface area is 183 Å². The Bertz CT molecular complexity index is 1200. The Morgan fingerprint density at radius 3 is 2.23 bits per heavy atom. The zero-order valence-corrected chi connectivity index (χ0v) is 18.2. The number of thiophene rings is 1. The smallest absolute Gasteiger partial charge is 0.267 e. The fourth-order valence-corrected chi connectivity index (χ4v) is 3.89. The minimum Gasteiger partial charge on any atom is -0.338 e. The molecule has 162 valence electrons. The quantitative estimate of drug-likeness (QED) is 0.242. The van der Waals surface area contributed by atoms with Gasteiger partial charge in [-0.1, -0.05) is 5.92 Å². The molecule has 0 aliphatic rings. The molecule has 1 aromatic heterocycles. The summed E-state index contributed by atoms with van der Waals surface area (Å²) in [5.41, 5.74) is 7.12. The lowest BCUT2D eigenvalue weighted by molar-refractivity contribution is -0.132. The normalized spacial score (nSPS) is 11.9. The number of carbonyl (C=O) groups is 2. The maximum absolute atomic E-state index is 12.4. The predicted octanol–water partition coefficient (Wildman–Crippen LogP) is 0.140. The number of nitrogens with two attached hydrogens (primary N) is 2. The Balaban J connectivity index is 2.07. The van der Waals surface area contributed by atoms with E-state index in [-0.39, 0.29) is 9.77 Å². The molecule has 31 heavy (non-hydrogen) atoms. The molecule has 0 saturated heterocycles. The van der Waals surface area contributed by atoms with Gasteiger partial charge in [-0.2, -0.15) is 0 Å². The number of benzene rings is 1. The van der Waals surface area contributed by atoms with E-state index in [0.29, 0.717) is 10.4 Å². The lowest BCUT2D eigenvalue weighted by Gasteiger charge is -2.29. The summed E-state index contributed by atoms with van der Waals surface area (Å²) in [6, 6.07) is 8.00. The topological polar surface area (TPSA) is 165 Å². The number of hydroxylamine groups is 1. The highest BCUT2D eigenvalue weighted by molar-refractivity contribution is 7.91. The van der Waals surface area contributed by atoms with E-state index < -0.39 is 33.4 Å². The summed E-state index contributed by atoms with van der Waals surface area (Å²) in [5, 5.41) is 16.4. The fourth-order valence-electron chi connectivity index (χ4n) is 2.31. The van der Waals surface area contributed by atoms with Crippen LogP contribution in [0.2, 0.25) is 0 Å². The molecule has 0 bridgehead atoms. The van der Waals surface area contributed by atoms with Crippen LogP contribution in [0.25, 0.3) is 0 Å². The minimum atomic E-state index is -3.75. The highest BCUT2D eigenvalue weighted by Gasteiger charge is 2.33. The van der Waals surface area contributed by atoms with Crippen LogP contribution < -0.4 is 21.7 Å².